The van der Waals surface area contributed by atoms with E-state index in [9.17, 15) is 0 Å². The second kappa shape index (κ2) is 5.61. The van der Waals surface area contributed by atoms with Gasteiger partial charge in [-0.2, -0.15) is 0 Å². The minimum absolute atomic E-state index is 0.00779. The van der Waals surface area contributed by atoms with Crippen molar-refractivity contribution in [3.63, 3.8) is 0 Å². The smallest absolute Gasteiger partial charge is 0.142 e. The molecular formula is C14H13N3S2. The zero-order valence-electron chi connectivity index (χ0n) is 10.2. The van der Waals surface area contributed by atoms with E-state index in [-0.39, 0.29) is 6.04 Å². The number of nitrogens with zero attached hydrogens (tertiary/aromatic N) is 2. The molecule has 0 fully saturated rings. The third-order valence-electron chi connectivity index (χ3n) is 2.86. The minimum Gasteiger partial charge on any atom is -0.324 e. The Balaban J connectivity index is 1.74. The van der Waals surface area contributed by atoms with Crippen LogP contribution >= 0.6 is 22.7 Å². The number of hydrogen-bond acceptors (Lipinski definition) is 5. The average Bonchev–Trinajstić information content (AvgIpc) is 3.10. The molecule has 19 heavy (non-hydrogen) atoms. The van der Waals surface area contributed by atoms with Gasteiger partial charge < -0.3 is 5.73 Å². The molecule has 0 spiro atoms. The number of thiazole rings is 2. The lowest BCUT2D eigenvalue weighted by Crippen LogP contribution is -2.13. The lowest BCUT2D eigenvalue weighted by atomic mass is 10.0. The van der Waals surface area contributed by atoms with E-state index >= 15 is 0 Å². The van der Waals surface area contributed by atoms with Crippen molar-refractivity contribution in [2.75, 3.05) is 0 Å². The third-order valence-corrected chi connectivity index (χ3v) is 4.36. The van der Waals surface area contributed by atoms with Gasteiger partial charge >= 0.3 is 0 Å². The number of benzene rings is 1. The van der Waals surface area contributed by atoms with Crippen molar-refractivity contribution in [2.24, 2.45) is 5.73 Å². The van der Waals surface area contributed by atoms with Crippen LogP contribution in [0.15, 0.2) is 46.6 Å². The number of rotatable bonds is 4. The maximum absolute atomic E-state index is 6.21. The molecule has 0 aliphatic heterocycles. The van der Waals surface area contributed by atoms with Gasteiger partial charge in [0.05, 0.1) is 11.2 Å². The summed E-state index contributed by atoms with van der Waals surface area (Å²) in [6.07, 6.45) is 0.755. The summed E-state index contributed by atoms with van der Waals surface area (Å²) in [4.78, 5) is 8.87. The predicted molar refractivity (Wildman–Crippen MR) is 80.3 cm³/mol. The van der Waals surface area contributed by atoms with Crippen LogP contribution in [0.1, 0.15) is 17.3 Å². The summed E-state index contributed by atoms with van der Waals surface area (Å²) in [6.45, 7) is 0. The average molecular weight is 287 g/mol. The molecule has 1 aromatic carbocycles. The van der Waals surface area contributed by atoms with Crippen molar-refractivity contribution < 1.29 is 0 Å². The first-order chi connectivity index (χ1) is 9.33. The molecule has 0 saturated carbocycles. The number of aromatic nitrogens is 2. The summed E-state index contributed by atoms with van der Waals surface area (Å²) in [6, 6.07) is 10.1. The van der Waals surface area contributed by atoms with Gasteiger partial charge in [0, 0.05) is 23.2 Å². The maximum Gasteiger partial charge on any atom is 0.142 e. The molecule has 2 heterocycles. The lowest BCUT2D eigenvalue weighted by molar-refractivity contribution is 0.710. The number of nitrogens with two attached hydrogens (primary N) is 1. The molecule has 3 nitrogen and oxygen atoms in total. The van der Waals surface area contributed by atoms with Gasteiger partial charge in [-0.1, -0.05) is 30.3 Å². The van der Waals surface area contributed by atoms with E-state index in [1.165, 1.54) is 0 Å². The first-order valence-corrected chi connectivity index (χ1v) is 7.78. The SMILES string of the molecule is NC(Cc1csc(-c2cscn2)n1)c1ccccc1. The standard InChI is InChI=1S/C14H13N3S2/c15-12(10-4-2-1-3-5-10)6-11-7-19-14(17-11)13-8-18-9-16-13/h1-5,7-9,12H,6,15H2. The summed E-state index contributed by atoms with van der Waals surface area (Å²) in [7, 11) is 0. The Labute approximate surface area is 119 Å². The molecule has 0 aliphatic rings. The highest BCUT2D eigenvalue weighted by Gasteiger charge is 2.11. The van der Waals surface area contributed by atoms with E-state index in [1.54, 1.807) is 22.7 Å². The molecule has 1 atom stereocenters. The molecule has 0 aliphatic carbocycles. The normalized spacial score (nSPS) is 12.5. The van der Waals surface area contributed by atoms with E-state index in [4.69, 9.17) is 5.73 Å². The molecule has 0 bridgehead atoms. The van der Waals surface area contributed by atoms with Crippen LogP contribution in [0, 0.1) is 0 Å². The first-order valence-electron chi connectivity index (χ1n) is 5.96. The molecule has 2 aromatic heterocycles. The van der Waals surface area contributed by atoms with Crippen LogP contribution in [0.2, 0.25) is 0 Å². The Hall–Kier alpha value is -1.56. The number of hydrogen-bond donors (Lipinski definition) is 1. The van der Waals surface area contributed by atoms with Crippen molar-refractivity contribution in [3.8, 4) is 10.7 Å². The molecule has 3 rings (SSSR count). The van der Waals surface area contributed by atoms with E-state index in [0.717, 1.165) is 28.4 Å². The lowest BCUT2D eigenvalue weighted by Gasteiger charge is -2.09. The Morgan fingerprint density at radius 1 is 1.16 bits per heavy atom. The van der Waals surface area contributed by atoms with Crippen LogP contribution < -0.4 is 5.73 Å². The monoisotopic (exact) mass is 287 g/mol. The Bertz CT molecular complexity index is 632. The van der Waals surface area contributed by atoms with E-state index < -0.39 is 0 Å². The summed E-state index contributed by atoms with van der Waals surface area (Å²) in [5.74, 6) is 0. The van der Waals surface area contributed by atoms with Crippen LogP contribution in [0.4, 0.5) is 0 Å². The predicted octanol–water partition coefficient (Wildman–Crippen LogP) is 3.51. The van der Waals surface area contributed by atoms with Crippen LogP contribution in [-0.2, 0) is 6.42 Å². The largest absolute Gasteiger partial charge is 0.324 e. The highest BCUT2D eigenvalue weighted by molar-refractivity contribution is 7.13. The maximum atomic E-state index is 6.21. The summed E-state index contributed by atoms with van der Waals surface area (Å²) >= 11 is 3.21. The summed E-state index contributed by atoms with van der Waals surface area (Å²) in [5.41, 5.74) is 11.2. The van der Waals surface area contributed by atoms with Gasteiger partial charge in [0.25, 0.3) is 0 Å². The second-order valence-corrected chi connectivity index (χ2v) is 5.82. The van der Waals surface area contributed by atoms with Crippen molar-refractivity contribution in [2.45, 2.75) is 12.5 Å². The van der Waals surface area contributed by atoms with Gasteiger partial charge in [-0.05, 0) is 5.56 Å². The Morgan fingerprint density at radius 3 is 2.74 bits per heavy atom. The van der Waals surface area contributed by atoms with Gasteiger partial charge in [-0.25, -0.2) is 9.97 Å². The highest BCUT2D eigenvalue weighted by Crippen LogP contribution is 2.25. The topological polar surface area (TPSA) is 51.8 Å². The van der Waals surface area contributed by atoms with Gasteiger partial charge in [-0.15, -0.1) is 22.7 Å². The van der Waals surface area contributed by atoms with Crippen molar-refractivity contribution in [1.82, 2.24) is 9.97 Å². The van der Waals surface area contributed by atoms with Crippen LogP contribution in [0.25, 0.3) is 10.7 Å². The zero-order valence-corrected chi connectivity index (χ0v) is 11.8. The molecule has 5 heteroatoms. The highest BCUT2D eigenvalue weighted by atomic mass is 32.1. The minimum atomic E-state index is -0.00779. The fourth-order valence-corrected chi connectivity index (χ4v) is 3.29. The Kier molecular flexibility index (Phi) is 3.68. The zero-order chi connectivity index (χ0) is 13.1. The quantitative estimate of drug-likeness (QED) is 0.799. The molecular weight excluding hydrogens is 274 g/mol. The molecule has 0 saturated heterocycles. The molecule has 0 amide bonds. The van der Waals surface area contributed by atoms with Gasteiger partial charge in [0.2, 0.25) is 0 Å². The van der Waals surface area contributed by atoms with Gasteiger partial charge in [0.15, 0.2) is 0 Å². The van der Waals surface area contributed by atoms with Crippen molar-refractivity contribution >= 4 is 22.7 Å². The molecule has 2 N–H and O–H groups in total. The fourth-order valence-electron chi connectivity index (χ4n) is 1.88. The van der Waals surface area contributed by atoms with Gasteiger partial charge in [0.1, 0.15) is 10.7 Å². The molecule has 1 unspecified atom stereocenters. The van der Waals surface area contributed by atoms with Crippen LogP contribution in [0.3, 0.4) is 0 Å². The van der Waals surface area contributed by atoms with E-state index in [0.29, 0.717) is 0 Å². The van der Waals surface area contributed by atoms with Crippen molar-refractivity contribution in [3.05, 3.63) is 57.9 Å². The Morgan fingerprint density at radius 2 is 2.00 bits per heavy atom. The molecule has 3 aromatic rings. The van der Waals surface area contributed by atoms with Crippen LogP contribution in [0.5, 0.6) is 0 Å². The van der Waals surface area contributed by atoms with Gasteiger partial charge in [-0.3, -0.25) is 0 Å². The first kappa shape index (κ1) is 12.5. The third kappa shape index (κ3) is 2.89. The summed E-state index contributed by atoms with van der Waals surface area (Å²) in [5, 5.41) is 5.05. The van der Waals surface area contributed by atoms with E-state index in [2.05, 4.69) is 27.5 Å². The molecule has 0 radical (unpaired) electrons. The van der Waals surface area contributed by atoms with Crippen molar-refractivity contribution in [1.29, 1.82) is 0 Å². The van der Waals surface area contributed by atoms with Crippen LogP contribution in [-0.4, -0.2) is 9.97 Å². The molecule has 96 valence electrons. The fraction of sp³-hybridized carbons (Fsp3) is 0.143. The second-order valence-electron chi connectivity index (χ2n) is 4.24. The van der Waals surface area contributed by atoms with E-state index in [1.807, 2.05) is 29.1 Å². The summed E-state index contributed by atoms with van der Waals surface area (Å²) < 4.78 is 0.